The van der Waals surface area contributed by atoms with Crippen LogP contribution >= 0.6 is 0 Å². The van der Waals surface area contributed by atoms with Crippen LogP contribution in [0.2, 0.25) is 0 Å². The lowest BCUT2D eigenvalue weighted by Gasteiger charge is -2.15. The van der Waals surface area contributed by atoms with Crippen molar-refractivity contribution in [1.82, 2.24) is 10.0 Å². The third-order valence-electron chi connectivity index (χ3n) is 3.43. The number of rotatable bonds is 5. The first-order valence-corrected chi connectivity index (χ1v) is 8.18. The molecular formula is C13H17F3N2O2S. The maximum absolute atomic E-state index is 12.8. The number of nitrogens with one attached hydrogen (secondary N) is 2. The van der Waals surface area contributed by atoms with Gasteiger partial charge in [-0.15, -0.1) is 0 Å². The van der Waals surface area contributed by atoms with Crippen LogP contribution < -0.4 is 10.0 Å². The number of benzene rings is 1. The number of sulfonamides is 1. The fourth-order valence-corrected chi connectivity index (χ4v) is 3.66. The van der Waals surface area contributed by atoms with Crippen molar-refractivity contribution in [3.63, 3.8) is 0 Å². The third-order valence-corrected chi connectivity index (χ3v) is 4.95. The molecule has 1 aromatic carbocycles. The largest absolute Gasteiger partial charge is 0.417 e. The van der Waals surface area contributed by atoms with Gasteiger partial charge < -0.3 is 5.32 Å². The number of alkyl halides is 3. The summed E-state index contributed by atoms with van der Waals surface area (Å²) in [4.78, 5) is -0.725. The highest BCUT2D eigenvalue weighted by atomic mass is 32.2. The highest BCUT2D eigenvalue weighted by molar-refractivity contribution is 7.89. The fourth-order valence-electron chi connectivity index (χ4n) is 2.38. The molecule has 4 nitrogen and oxygen atoms in total. The van der Waals surface area contributed by atoms with Crippen LogP contribution in [0.5, 0.6) is 0 Å². The molecule has 0 radical (unpaired) electrons. The number of hydrogen-bond donors (Lipinski definition) is 2. The van der Waals surface area contributed by atoms with E-state index in [9.17, 15) is 21.6 Å². The van der Waals surface area contributed by atoms with Gasteiger partial charge in [0, 0.05) is 12.6 Å². The van der Waals surface area contributed by atoms with Crippen LogP contribution in [-0.2, 0) is 16.2 Å². The highest BCUT2D eigenvalue weighted by Crippen LogP contribution is 2.33. The van der Waals surface area contributed by atoms with Crippen LogP contribution in [0, 0.1) is 0 Å². The second-order valence-electron chi connectivity index (χ2n) is 4.97. The summed E-state index contributed by atoms with van der Waals surface area (Å²) in [6, 6.07) is 4.42. The normalized spacial score (nSPS) is 19.9. The maximum atomic E-state index is 12.8. The van der Waals surface area contributed by atoms with Crippen molar-refractivity contribution in [2.24, 2.45) is 0 Å². The molecule has 1 aromatic rings. The van der Waals surface area contributed by atoms with Gasteiger partial charge in [0.15, 0.2) is 0 Å². The Bertz CT molecular complexity index is 581. The zero-order chi connectivity index (χ0) is 15.5. The molecule has 1 saturated heterocycles. The van der Waals surface area contributed by atoms with Gasteiger partial charge in [0.05, 0.1) is 10.5 Å². The van der Waals surface area contributed by atoms with Gasteiger partial charge in [-0.1, -0.05) is 12.1 Å². The summed E-state index contributed by atoms with van der Waals surface area (Å²) in [5.41, 5.74) is -1.14. The quantitative estimate of drug-likeness (QED) is 0.873. The Balaban J connectivity index is 2.08. The molecule has 8 heteroatoms. The molecule has 0 amide bonds. The summed E-state index contributed by atoms with van der Waals surface area (Å²) in [6.45, 7) is 1.01. The van der Waals surface area contributed by atoms with Crippen LogP contribution in [0.25, 0.3) is 0 Å². The number of halogens is 3. The minimum atomic E-state index is -4.70. The van der Waals surface area contributed by atoms with E-state index in [1.165, 1.54) is 12.1 Å². The highest BCUT2D eigenvalue weighted by Gasteiger charge is 2.36. The smallest absolute Gasteiger partial charge is 0.314 e. The van der Waals surface area contributed by atoms with E-state index in [2.05, 4.69) is 10.0 Å². The Labute approximate surface area is 121 Å². The van der Waals surface area contributed by atoms with E-state index in [0.717, 1.165) is 31.5 Å². The lowest BCUT2D eigenvalue weighted by atomic mass is 10.2. The molecule has 2 N–H and O–H groups in total. The molecule has 0 bridgehead atoms. The van der Waals surface area contributed by atoms with Gasteiger partial charge in [0.2, 0.25) is 10.0 Å². The first-order valence-electron chi connectivity index (χ1n) is 6.70. The summed E-state index contributed by atoms with van der Waals surface area (Å²) in [6.07, 6.45) is -2.14. The Kier molecular flexibility index (Phi) is 4.90. The molecule has 0 aromatic heterocycles. The first kappa shape index (κ1) is 16.3. The predicted molar refractivity (Wildman–Crippen MR) is 72.3 cm³/mol. The fraction of sp³-hybridized carbons (Fsp3) is 0.538. The minimum Gasteiger partial charge on any atom is -0.314 e. The molecule has 1 aliphatic rings. The summed E-state index contributed by atoms with van der Waals surface area (Å²) >= 11 is 0. The maximum Gasteiger partial charge on any atom is 0.417 e. The van der Waals surface area contributed by atoms with E-state index in [4.69, 9.17) is 0 Å². The molecule has 1 unspecified atom stereocenters. The predicted octanol–water partition coefficient (Wildman–Crippen LogP) is 2.13. The standard InChI is InChI=1S/C13H17F3N2O2S/c14-13(15,16)11-5-1-2-6-12(11)21(19,20)18-9-7-10-4-3-8-17-10/h1-2,5-6,10,17-18H,3-4,7-9H2. The monoisotopic (exact) mass is 322 g/mol. The van der Waals surface area contributed by atoms with E-state index in [1.807, 2.05) is 0 Å². The van der Waals surface area contributed by atoms with Gasteiger partial charge in [0.1, 0.15) is 0 Å². The average molecular weight is 322 g/mol. The van der Waals surface area contributed by atoms with Gasteiger partial charge in [-0.2, -0.15) is 13.2 Å². The Morgan fingerprint density at radius 3 is 2.62 bits per heavy atom. The van der Waals surface area contributed by atoms with Crippen molar-refractivity contribution in [3.05, 3.63) is 29.8 Å². The molecule has 118 valence electrons. The summed E-state index contributed by atoms with van der Waals surface area (Å²) in [7, 11) is -4.16. The van der Waals surface area contributed by atoms with Gasteiger partial charge >= 0.3 is 6.18 Å². The lowest BCUT2D eigenvalue weighted by molar-refractivity contribution is -0.139. The lowest BCUT2D eigenvalue weighted by Crippen LogP contribution is -2.31. The van der Waals surface area contributed by atoms with E-state index in [-0.39, 0.29) is 12.6 Å². The van der Waals surface area contributed by atoms with E-state index in [0.29, 0.717) is 6.42 Å². The Morgan fingerprint density at radius 1 is 1.29 bits per heavy atom. The van der Waals surface area contributed by atoms with Crippen LogP contribution in [0.4, 0.5) is 13.2 Å². The average Bonchev–Trinajstić information content (AvgIpc) is 2.91. The molecular weight excluding hydrogens is 305 g/mol. The van der Waals surface area contributed by atoms with Crippen molar-refractivity contribution in [1.29, 1.82) is 0 Å². The first-order chi connectivity index (χ1) is 9.81. The summed E-state index contributed by atoms with van der Waals surface area (Å²) < 4.78 is 64.9. The molecule has 0 aliphatic carbocycles. The summed E-state index contributed by atoms with van der Waals surface area (Å²) in [5, 5.41) is 3.20. The van der Waals surface area contributed by atoms with E-state index < -0.39 is 26.7 Å². The van der Waals surface area contributed by atoms with E-state index in [1.54, 1.807) is 0 Å². The van der Waals surface area contributed by atoms with Gasteiger partial charge in [-0.25, -0.2) is 13.1 Å². The molecule has 0 spiro atoms. The SMILES string of the molecule is O=S(=O)(NCCC1CCCN1)c1ccccc1C(F)(F)F. The molecule has 2 rings (SSSR count). The molecule has 0 saturated carbocycles. The van der Waals surface area contributed by atoms with Crippen molar-refractivity contribution < 1.29 is 21.6 Å². The van der Waals surface area contributed by atoms with Crippen molar-refractivity contribution >= 4 is 10.0 Å². The topological polar surface area (TPSA) is 58.2 Å². The summed E-state index contributed by atoms with van der Waals surface area (Å²) in [5.74, 6) is 0. The van der Waals surface area contributed by atoms with Crippen LogP contribution in [0.3, 0.4) is 0 Å². The van der Waals surface area contributed by atoms with Crippen LogP contribution in [-0.4, -0.2) is 27.5 Å². The van der Waals surface area contributed by atoms with Crippen molar-refractivity contribution in [2.45, 2.75) is 36.4 Å². The van der Waals surface area contributed by atoms with Crippen molar-refractivity contribution in [2.75, 3.05) is 13.1 Å². The number of hydrogen-bond acceptors (Lipinski definition) is 3. The molecule has 21 heavy (non-hydrogen) atoms. The second kappa shape index (κ2) is 6.33. The molecule has 1 fully saturated rings. The molecule has 1 atom stereocenters. The van der Waals surface area contributed by atoms with Crippen LogP contribution in [0.15, 0.2) is 29.2 Å². The van der Waals surface area contributed by atoms with Crippen molar-refractivity contribution in [3.8, 4) is 0 Å². The van der Waals surface area contributed by atoms with Gasteiger partial charge in [-0.3, -0.25) is 0 Å². The Morgan fingerprint density at radius 2 is 2.00 bits per heavy atom. The van der Waals surface area contributed by atoms with Crippen LogP contribution in [0.1, 0.15) is 24.8 Å². The van der Waals surface area contributed by atoms with E-state index >= 15 is 0 Å². The Hall–Kier alpha value is -1.12. The van der Waals surface area contributed by atoms with Gasteiger partial charge in [-0.05, 0) is 37.9 Å². The van der Waals surface area contributed by atoms with Gasteiger partial charge in [0.25, 0.3) is 0 Å². The second-order valence-corrected chi connectivity index (χ2v) is 6.71. The minimum absolute atomic E-state index is 0.117. The third kappa shape index (κ3) is 4.18. The molecule has 1 aliphatic heterocycles. The zero-order valence-electron chi connectivity index (χ0n) is 11.3. The zero-order valence-corrected chi connectivity index (χ0v) is 12.1. The molecule has 1 heterocycles.